The third kappa shape index (κ3) is 6.16. The van der Waals surface area contributed by atoms with E-state index in [0.29, 0.717) is 51.0 Å². The van der Waals surface area contributed by atoms with Gasteiger partial charge in [-0.1, -0.05) is 12.1 Å². The van der Waals surface area contributed by atoms with E-state index >= 15 is 0 Å². The van der Waals surface area contributed by atoms with Crippen LogP contribution in [0.4, 0.5) is 8.78 Å². The Morgan fingerprint density at radius 1 is 1.12 bits per heavy atom. The number of H-pyrrole nitrogens is 1. The molecule has 2 aromatic carbocycles. The summed E-state index contributed by atoms with van der Waals surface area (Å²) >= 11 is 0. The van der Waals surface area contributed by atoms with E-state index < -0.39 is 23.8 Å². The minimum absolute atomic E-state index is 0.00683. The molecule has 5 rings (SSSR count). The Bertz CT molecular complexity index is 1320. The fraction of sp³-hybridized carbons (Fsp3) is 0.516. The van der Waals surface area contributed by atoms with Gasteiger partial charge in [-0.25, -0.2) is 8.78 Å². The third-order valence-corrected chi connectivity index (χ3v) is 8.72. The Morgan fingerprint density at radius 2 is 1.85 bits per heavy atom. The molecule has 3 N–H and O–H groups in total. The molecule has 9 heteroatoms. The molecule has 40 heavy (non-hydrogen) atoms. The van der Waals surface area contributed by atoms with E-state index in [1.54, 1.807) is 12.0 Å². The Labute approximate surface area is 233 Å². The van der Waals surface area contributed by atoms with Gasteiger partial charge in [-0.05, 0) is 74.4 Å². The van der Waals surface area contributed by atoms with Gasteiger partial charge in [0.2, 0.25) is 5.91 Å². The molecule has 7 nitrogen and oxygen atoms in total. The molecule has 0 radical (unpaired) electrons. The van der Waals surface area contributed by atoms with Gasteiger partial charge in [0.25, 0.3) is 0 Å². The van der Waals surface area contributed by atoms with Gasteiger partial charge in [0.1, 0.15) is 17.4 Å². The number of rotatable bonds is 8. The van der Waals surface area contributed by atoms with Gasteiger partial charge in [0.05, 0.1) is 24.8 Å². The second-order valence-electron chi connectivity index (χ2n) is 11.3. The number of aromatic amines is 1. The maximum atomic E-state index is 13.4. The minimum atomic E-state index is -0.636. The maximum Gasteiger partial charge on any atom is 0.222 e. The van der Waals surface area contributed by atoms with Crippen LogP contribution >= 0.6 is 0 Å². The number of aromatic nitrogens is 1. The maximum absolute atomic E-state index is 13.4. The first-order chi connectivity index (χ1) is 19.2. The van der Waals surface area contributed by atoms with E-state index in [1.165, 1.54) is 12.1 Å². The van der Waals surface area contributed by atoms with Crippen LogP contribution < -0.4 is 4.74 Å². The molecule has 2 aliphatic heterocycles. The largest absolute Gasteiger partial charge is 0.495 e. The number of ether oxygens (including phenoxy) is 1. The zero-order chi connectivity index (χ0) is 28.4. The molecular weight excluding hydrogens is 516 g/mol. The first-order valence-electron chi connectivity index (χ1n) is 14.2. The average Bonchev–Trinajstić information content (AvgIpc) is 3.27. The summed E-state index contributed by atoms with van der Waals surface area (Å²) in [5, 5.41) is 23.2. The molecule has 0 spiro atoms. The van der Waals surface area contributed by atoms with E-state index in [-0.39, 0.29) is 24.2 Å². The van der Waals surface area contributed by atoms with Crippen molar-refractivity contribution in [2.75, 3.05) is 39.8 Å². The van der Waals surface area contributed by atoms with Crippen LogP contribution in [0.25, 0.3) is 10.9 Å². The molecule has 1 amide bonds. The van der Waals surface area contributed by atoms with Gasteiger partial charge in [-0.2, -0.15) is 0 Å². The lowest BCUT2D eigenvalue weighted by atomic mass is 9.84. The first-order valence-corrected chi connectivity index (χ1v) is 14.2. The van der Waals surface area contributed by atoms with Crippen molar-refractivity contribution in [1.82, 2.24) is 14.8 Å². The summed E-state index contributed by atoms with van der Waals surface area (Å²) < 4.78 is 32.3. The second-order valence-corrected chi connectivity index (χ2v) is 11.3. The van der Waals surface area contributed by atoms with Crippen LogP contribution in [0.2, 0.25) is 0 Å². The highest BCUT2D eigenvalue weighted by atomic mass is 19.1. The Hall–Kier alpha value is -3.01. The Balaban J connectivity index is 1.10. The van der Waals surface area contributed by atoms with Crippen molar-refractivity contribution in [2.45, 2.75) is 57.2 Å². The number of hydrogen-bond acceptors (Lipinski definition) is 5. The molecule has 2 saturated heterocycles. The SMILES string of the molecule is COc1cccc2c(C3CCN(CC(O)C4CCN(C(=O)CCc5cc(F)cc(F)c5)CC4)CC3O)c(C)[nH]c12. The number of benzene rings is 2. The number of hydrogen-bond donors (Lipinski definition) is 3. The summed E-state index contributed by atoms with van der Waals surface area (Å²) in [6, 6.07) is 9.32. The smallest absolute Gasteiger partial charge is 0.222 e. The van der Waals surface area contributed by atoms with Gasteiger partial charge < -0.3 is 24.8 Å². The number of likely N-dealkylation sites (tertiary alicyclic amines) is 2. The number of halogens is 2. The summed E-state index contributed by atoms with van der Waals surface area (Å²) in [4.78, 5) is 20.0. The lowest BCUT2D eigenvalue weighted by Crippen LogP contribution is -2.48. The molecule has 216 valence electrons. The standard InChI is InChI=1S/C31H39F2N3O4/c1-19-30(25-4-3-5-28(40-2)31(25)34-19)24-10-11-35(18-27(24)38)17-26(37)21-8-12-36(13-9-21)29(39)7-6-20-14-22(32)16-23(33)15-20/h3-5,14-16,21,24,26-27,34,37-38H,6-13,17-18H2,1-2H3. The number of carbonyl (C=O) groups is 1. The number of methoxy groups -OCH3 is 1. The predicted octanol–water partition coefficient (Wildman–Crippen LogP) is 4.15. The zero-order valence-electron chi connectivity index (χ0n) is 23.2. The molecule has 0 bridgehead atoms. The minimum Gasteiger partial charge on any atom is -0.495 e. The van der Waals surface area contributed by atoms with Crippen molar-refractivity contribution in [2.24, 2.45) is 5.92 Å². The summed E-state index contributed by atoms with van der Waals surface area (Å²) in [6.07, 6.45) is 1.62. The molecular formula is C31H39F2N3O4. The predicted molar refractivity (Wildman–Crippen MR) is 149 cm³/mol. The molecule has 2 fully saturated rings. The summed E-state index contributed by atoms with van der Waals surface area (Å²) in [5.41, 5.74) is 3.61. The molecule has 0 saturated carbocycles. The molecule has 3 aromatic rings. The Kier molecular flexibility index (Phi) is 8.73. The number of piperidine rings is 2. The van der Waals surface area contributed by atoms with Gasteiger partial charge in [-0.15, -0.1) is 0 Å². The van der Waals surface area contributed by atoms with Crippen LogP contribution in [0.1, 0.15) is 48.4 Å². The number of β-amino-alcohol motifs (C(OH)–C–C–N with tert-alkyl or cyclic N) is 2. The van der Waals surface area contributed by atoms with Gasteiger partial charge >= 0.3 is 0 Å². The highest BCUT2D eigenvalue weighted by Gasteiger charge is 2.34. The highest BCUT2D eigenvalue weighted by molar-refractivity contribution is 5.90. The summed E-state index contributed by atoms with van der Waals surface area (Å²) in [6.45, 7) is 4.94. The molecule has 3 heterocycles. The van der Waals surface area contributed by atoms with E-state index in [4.69, 9.17) is 4.74 Å². The van der Waals surface area contributed by atoms with E-state index in [2.05, 4.69) is 16.0 Å². The van der Waals surface area contributed by atoms with Gasteiger partial charge in [-0.3, -0.25) is 9.69 Å². The van der Waals surface area contributed by atoms with Gasteiger partial charge in [0.15, 0.2) is 0 Å². The number of amides is 1. The number of fused-ring (bicyclic) bond motifs is 1. The number of aliphatic hydroxyl groups is 2. The van der Waals surface area contributed by atoms with E-state index in [9.17, 15) is 23.8 Å². The number of aliphatic hydroxyl groups excluding tert-OH is 2. The molecule has 1 aromatic heterocycles. The van der Waals surface area contributed by atoms with Crippen molar-refractivity contribution in [3.05, 3.63) is 64.9 Å². The zero-order valence-corrected chi connectivity index (χ0v) is 23.2. The highest BCUT2D eigenvalue weighted by Crippen LogP contribution is 2.38. The van der Waals surface area contributed by atoms with Crippen molar-refractivity contribution in [3.63, 3.8) is 0 Å². The van der Waals surface area contributed by atoms with Crippen molar-refractivity contribution in [1.29, 1.82) is 0 Å². The van der Waals surface area contributed by atoms with Crippen LogP contribution in [0.15, 0.2) is 36.4 Å². The molecule has 2 aliphatic rings. The van der Waals surface area contributed by atoms with E-state index in [0.717, 1.165) is 46.9 Å². The monoisotopic (exact) mass is 555 g/mol. The molecule has 3 atom stereocenters. The second kappa shape index (κ2) is 12.2. The number of para-hydroxylation sites is 1. The number of carbonyl (C=O) groups excluding carboxylic acids is 1. The van der Waals surface area contributed by atoms with Crippen LogP contribution in [-0.2, 0) is 11.2 Å². The molecule has 0 aliphatic carbocycles. The van der Waals surface area contributed by atoms with Crippen molar-refractivity contribution >= 4 is 16.8 Å². The van der Waals surface area contributed by atoms with Crippen LogP contribution in [-0.4, -0.2) is 82.9 Å². The lowest BCUT2D eigenvalue weighted by molar-refractivity contribution is -0.133. The normalized spacial score (nSPS) is 21.6. The average molecular weight is 556 g/mol. The van der Waals surface area contributed by atoms with Gasteiger partial charge in [0, 0.05) is 55.7 Å². The summed E-state index contributed by atoms with van der Waals surface area (Å²) in [7, 11) is 1.66. The summed E-state index contributed by atoms with van der Waals surface area (Å²) in [5.74, 6) is -0.429. The quantitative estimate of drug-likeness (QED) is 0.389. The fourth-order valence-electron chi connectivity index (χ4n) is 6.60. The van der Waals surface area contributed by atoms with E-state index in [1.807, 2.05) is 19.1 Å². The fourth-order valence-corrected chi connectivity index (χ4v) is 6.60. The van der Waals surface area contributed by atoms with Crippen LogP contribution in [0.3, 0.4) is 0 Å². The van der Waals surface area contributed by atoms with Crippen molar-refractivity contribution in [3.8, 4) is 5.75 Å². The van der Waals surface area contributed by atoms with Crippen LogP contribution in [0.5, 0.6) is 5.75 Å². The topological polar surface area (TPSA) is 89.0 Å². The lowest BCUT2D eigenvalue weighted by Gasteiger charge is -2.40. The van der Waals surface area contributed by atoms with Crippen LogP contribution in [0, 0.1) is 24.5 Å². The number of aryl methyl sites for hydroxylation is 2. The van der Waals surface area contributed by atoms with Crippen molar-refractivity contribution < 1.29 is 28.5 Å². The number of nitrogens with zero attached hydrogens (tertiary/aromatic N) is 2. The molecule has 3 unspecified atom stereocenters. The first kappa shape index (κ1) is 28.5. The number of nitrogens with one attached hydrogen (secondary N) is 1. The third-order valence-electron chi connectivity index (χ3n) is 8.72. The Morgan fingerprint density at radius 3 is 2.52 bits per heavy atom.